The summed E-state index contributed by atoms with van der Waals surface area (Å²) in [6.45, 7) is 7.47. The maximum Gasteiger partial charge on any atom is 0.416 e. The molecule has 3 rings (SSSR count). The Morgan fingerprint density at radius 3 is 2.17 bits per heavy atom. The number of hydrogen-bond acceptors (Lipinski definition) is 4. The molecule has 1 aliphatic rings. The van der Waals surface area contributed by atoms with Crippen molar-refractivity contribution in [1.29, 1.82) is 0 Å². The van der Waals surface area contributed by atoms with Gasteiger partial charge < -0.3 is 14.4 Å². The minimum Gasteiger partial charge on any atom is -0.457 e. The van der Waals surface area contributed by atoms with E-state index in [1.165, 1.54) is 6.07 Å². The van der Waals surface area contributed by atoms with Crippen LogP contribution in [0.4, 0.5) is 18.0 Å². The van der Waals surface area contributed by atoms with Gasteiger partial charge in [0.1, 0.15) is 11.7 Å². The molecule has 0 aromatic heterocycles. The standard InChI is InChI=1S/C26H29BrF3NO4/c1-17(18-14-20(26(28,29)30)16-21(27)15-18)34-22(32)25(19-8-6-5-7-9-19)10-12-31(13-11-25)23(33)35-24(2,3)4/h5-9,14-17H,10-13H2,1-4H3/t17-/m1/s1. The Labute approximate surface area is 211 Å². The van der Waals surface area contributed by atoms with Crippen molar-refractivity contribution in [1.82, 2.24) is 4.90 Å². The van der Waals surface area contributed by atoms with Crippen molar-refractivity contribution in [3.8, 4) is 0 Å². The Kier molecular flexibility index (Phi) is 7.89. The number of halogens is 4. The van der Waals surface area contributed by atoms with Crippen molar-refractivity contribution in [3.05, 3.63) is 69.7 Å². The average Bonchev–Trinajstić information content (AvgIpc) is 2.77. The molecule has 1 atom stereocenters. The van der Waals surface area contributed by atoms with E-state index in [4.69, 9.17) is 9.47 Å². The molecule has 0 saturated carbocycles. The molecule has 9 heteroatoms. The molecule has 35 heavy (non-hydrogen) atoms. The van der Waals surface area contributed by atoms with Crippen LogP contribution < -0.4 is 0 Å². The van der Waals surface area contributed by atoms with Crippen LogP contribution in [0.25, 0.3) is 0 Å². The Hall–Kier alpha value is -2.55. The fourth-order valence-electron chi connectivity index (χ4n) is 4.12. The van der Waals surface area contributed by atoms with Crippen LogP contribution in [0, 0.1) is 0 Å². The second-order valence-electron chi connectivity index (χ2n) is 9.73. The molecule has 1 aliphatic heterocycles. The summed E-state index contributed by atoms with van der Waals surface area (Å²) in [6, 6.07) is 12.6. The highest BCUT2D eigenvalue weighted by Gasteiger charge is 2.46. The number of hydrogen-bond donors (Lipinski definition) is 0. The van der Waals surface area contributed by atoms with Gasteiger partial charge in [0.15, 0.2) is 0 Å². The summed E-state index contributed by atoms with van der Waals surface area (Å²) in [7, 11) is 0. The predicted octanol–water partition coefficient (Wildman–Crippen LogP) is 7.04. The second-order valence-corrected chi connectivity index (χ2v) is 10.6. The molecular weight excluding hydrogens is 527 g/mol. The quantitative estimate of drug-likeness (QED) is 0.379. The maximum absolute atomic E-state index is 13.6. The van der Waals surface area contributed by atoms with Crippen molar-refractivity contribution in [3.63, 3.8) is 0 Å². The molecule has 0 spiro atoms. The number of amides is 1. The van der Waals surface area contributed by atoms with Crippen molar-refractivity contribution in [2.75, 3.05) is 13.1 Å². The smallest absolute Gasteiger partial charge is 0.416 e. The molecule has 1 heterocycles. The normalized spacial score (nSPS) is 17.0. The highest BCUT2D eigenvalue weighted by Crippen LogP contribution is 2.40. The summed E-state index contributed by atoms with van der Waals surface area (Å²) in [5.41, 5.74) is -1.53. The van der Waals surface area contributed by atoms with Gasteiger partial charge in [-0.3, -0.25) is 4.79 Å². The molecule has 1 fully saturated rings. The van der Waals surface area contributed by atoms with Gasteiger partial charge in [0.25, 0.3) is 0 Å². The molecule has 0 bridgehead atoms. The van der Waals surface area contributed by atoms with E-state index < -0.39 is 40.9 Å². The SMILES string of the molecule is C[C@@H](OC(=O)C1(c2ccccc2)CCN(C(=O)OC(C)(C)C)CC1)c1cc(Br)cc(C(F)(F)F)c1. The first kappa shape index (κ1) is 27.0. The highest BCUT2D eigenvalue weighted by molar-refractivity contribution is 9.10. The summed E-state index contributed by atoms with van der Waals surface area (Å²) in [6.07, 6.45) is -5.29. The largest absolute Gasteiger partial charge is 0.457 e. The molecule has 5 nitrogen and oxygen atoms in total. The number of alkyl halides is 3. The minimum absolute atomic E-state index is 0.231. The van der Waals surface area contributed by atoms with E-state index in [-0.39, 0.29) is 23.1 Å². The lowest BCUT2D eigenvalue weighted by molar-refractivity contribution is -0.158. The zero-order valence-electron chi connectivity index (χ0n) is 20.1. The van der Waals surface area contributed by atoms with Crippen LogP contribution in [0.15, 0.2) is 53.0 Å². The van der Waals surface area contributed by atoms with Gasteiger partial charge in [-0.2, -0.15) is 13.2 Å². The van der Waals surface area contributed by atoms with Crippen molar-refractivity contribution < 1.29 is 32.2 Å². The van der Waals surface area contributed by atoms with Crippen LogP contribution in [0.2, 0.25) is 0 Å². The Balaban J connectivity index is 1.84. The van der Waals surface area contributed by atoms with Crippen LogP contribution in [-0.4, -0.2) is 35.7 Å². The molecule has 1 saturated heterocycles. The summed E-state index contributed by atoms with van der Waals surface area (Å²) in [4.78, 5) is 27.7. The monoisotopic (exact) mass is 555 g/mol. The summed E-state index contributed by atoms with van der Waals surface area (Å²) in [5.74, 6) is -0.534. The molecule has 2 aromatic carbocycles. The maximum atomic E-state index is 13.6. The predicted molar refractivity (Wildman–Crippen MR) is 129 cm³/mol. The van der Waals surface area contributed by atoms with Gasteiger partial charge in [0, 0.05) is 17.6 Å². The van der Waals surface area contributed by atoms with E-state index in [9.17, 15) is 22.8 Å². The van der Waals surface area contributed by atoms with Crippen molar-refractivity contribution in [2.24, 2.45) is 0 Å². The minimum atomic E-state index is -4.53. The molecular formula is C26H29BrF3NO4. The van der Waals surface area contributed by atoms with Crippen LogP contribution in [0.3, 0.4) is 0 Å². The number of esters is 1. The molecule has 2 aromatic rings. The van der Waals surface area contributed by atoms with Gasteiger partial charge in [-0.15, -0.1) is 0 Å². The molecule has 0 N–H and O–H groups in total. The third kappa shape index (κ3) is 6.57. The summed E-state index contributed by atoms with van der Waals surface area (Å²) in [5, 5.41) is 0. The van der Waals surface area contributed by atoms with E-state index in [1.807, 2.05) is 30.3 Å². The lowest BCUT2D eigenvalue weighted by Crippen LogP contribution is -2.50. The Morgan fingerprint density at radius 2 is 1.63 bits per heavy atom. The van der Waals surface area contributed by atoms with E-state index in [0.29, 0.717) is 12.8 Å². The zero-order valence-corrected chi connectivity index (χ0v) is 21.7. The first-order valence-electron chi connectivity index (χ1n) is 11.3. The van der Waals surface area contributed by atoms with Gasteiger partial charge in [0.05, 0.1) is 11.0 Å². The number of likely N-dealkylation sites (tertiary alicyclic amines) is 1. The Bertz CT molecular complexity index is 1060. The van der Waals surface area contributed by atoms with E-state index in [0.717, 1.165) is 17.7 Å². The van der Waals surface area contributed by atoms with Gasteiger partial charge in [0.2, 0.25) is 0 Å². The molecule has 190 valence electrons. The third-order valence-electron chi connectivity index (χ3n) is 5.99. The molecule has 0 aliphatic carbocycles. The topological polar surface area (TPSA) is 55.8 Å². The third-order valence-corrected chi connectivity index (χ3v) is 6.44. The van der Waals surface area contributed by atoms with Gasteiger partial charge in [-0.25, -0.2) is 4.79 Å². The fourth-order valence-corrected chi connectivity index (χ4v) is 4.63. The number of carbonyl (C=O) groups is 2. The van der Waals surface area contributed by atoms with E-state index >= 15 is 0 Å². The number of rotatable bonds is 4. The van der Waals surface area contributed by atoms with Gasteiger partial charge in [-0.1, -0.05) is 46.3 Å². The van der Waals surface area contributed by atoms with E-state index in [1.54, 1.807) is 32.6 Å². The van der Waals surface area contributed by atoms with E-state index in [2.05, 4.69) is 15.9 Å². The Morgan fingerprint density at radius 1 is 1.03 bits per heavy atom. The van der Waals surface area contributed by atoms with Crippen molar-refractivity contribution >= 4 is 28.0 Å². The highest BCUT2D eigenvalue weighted by atomic mass is 79.9. The van der Waals surface area contributed by atoms with Gasteiger partial charge >= 0.3 is 18.2 Å². The van der Waals surface area contributed by atoms with Gasteiger partial charge in [-0.05, 0) is 69.9 Å². The summed E-state index contributed by atoms with van der Waals surface area (Å²) < 4.78 is 51.3. The van der Waals surface area contributed by atoms with Crippen LogP contribution in [-0.2, 0) is 25.9 Å². The first-order chi connectivity index (χ1) is 16.2. The number of piperidine rings is 1. The molecule has 1 amide bonds. The van der Waals surface area contributed by atoms with Crippen LogP contribution in [0.5, 0.6) is 0 Å². The van der Waals surface area contributed by atoms with Crippen LogP contribution in [0.1, 0.15) is 63.3 Å². The average molecular weight is 556 g/mol. The second kappa shape index (κ2) is 10.2. The number of benzene rings is 2. The number of nitrogens with zero attached hydrogens (tertiary/aromatic N) is 1. The first-order valence-corrected chi connectivity index (χ1v) is 12.1. The number of ether oxygens (including phenoxy) is 2. The zero-order chi connectivity index (χ0) is 26.0. The fraction of sp³-hybridized carbons (Fsp3) is 0.462. The molecule has 0 unspecified atom stereocenters. The lowest BCUT2D eigenvalue weighted by Gasteiger charge is -2.41. The summed E-state index contributed by atoms with van der Waals surface area (Å²) >= 11 is 3.11. The van der Waals surface area contributed by atoms with Crippen LogP contribution >= 0.6 is 15.9 Å². The lowest BCUT2D eigenvalue weighted by atomic mass is 9.72. The molecule has 0 radical (unpaired) electrons. The van der Waals surface area contributed by atoms with Crippen molar-refractivity contribution in [2.45, 2.75) is 63.8 Å². The number of carbonyl (C=O) groups excluding carboxylic acids is 2.